The summed E-state index contributed by atoms with van der Waals surface area (Å²) in [6.07, 6.45) is 3.49. The smallest absolute Gasteiger partial charge is 0.141 e. The summed E-state index contributed by atoms with van der Waals surface area (Å²) in [5, 5.41) is 3.36. The number of rotatable bonds is 4. The highest BCUT2D eigenvalue weighted by Crippen LogP contribution is 2.26. The predicted octanol–water partition coefficient (Wildman–Crippen LogP) is 3.04. The molecule has 0 bridgehead atoms. The molecule has 0 aromatic carbocycles. The van der Waals surface area contributed by atoms with Crippen molar-refractivity contribution in [3.8, 4) is 0 Å². The zero-order valence-electron chi connectivity index (χ0n) is 8.85. The van der Waals surface area contributed by atoms with Crippen LogP contribution in [0.15, 0.2) is 30.6 Å². The Kier molecular flexibility index (Phi) is 3.88. The van der Waals surface area contributed by atoms with Crippen LogP contribution in [-0.2, 0) is 6.54 Å². The van der Waals surface area contributed by atoms with E-state index in [0.29, 0.717) is 6.54 Å². The largest absolute Gasteiger partial charge is 0.302 e. The minimum Gasteiger partial charge on any atom is -0.302 e. The van der Waals surface area contributed by atoms with Gasteiger partial charge >= 0.3 is 0 Å². The van der Waals surface area contributed by atoms with Crippen molar-refractivity contribution in [1.29, 1.82) is 0 Å². The molecule has 0 spiro atoms. The van der Waals surface area contributed by atoms with E-state index in [4.69, 9.17) is 11.6 Å². The summed E-state index contributed by atoms with van der Waals surface area (Å²) < 4.78 is 0.819. The molecule has 2 heterocycles. The van der Waals surface area contributed by atoms with Gasteiger partial charge in [-0.05, 0) is 25.1 Å². The Morgan fingerprint density at radius 1 is 1.38 bits per heavy atom. The van der Waals surface area contributed by atoms with Gasteiger partial charge in [-0.15, -0.1) is 11.3 Å². The molecule has 5 heteroatoms. The van der Waals surface area contributed by atoms with E-state index >= 15 is 0 Å². The van der Waals surface area contributed by atoms with E-state index in [0.717, 1.165) is 10.2 Å². The van der Waals surface area contributed by atoms with E-state index in [-0.39, 0.29) is 6.04 Å². The first kappa shape index (κ1) is 11.5. The molecule has 2 rings (SSSR count). The summed E-state index contributed by atoms with van der Waals surface area (Å²) in [4.78, 5) is 9.53. The molecule has 2 aromatic heterocycles. The standard InChI is InChI=1S/C11H12ClN3S/c1-8(9-3-4-10(12)16-9)15-7-11-13-5-2-6-14-11/h2-6,8,15H,7H2,1H3. The quantitative estimate of drug-likeness (QED) is 0.910. The van der Waals surface area contributed by atoms with Crippen LogP contribution in [0.25, 0.3) is 0 Å². The van der Waals surface area contributed by atoms with E-state index in [1.807, 2.05) is 18.2 Å². The maximum atomic E-state index is 5.89. The van der Waals surface area contributed by atoms with E-state index < -0.39 is 0 Å². The Bertz CT molecular complexity index is 444. The number of nitrogens with zero attached hydrogens (tertiary/aromatic N) is 2. The number of aromatic nitrogens is 2. The molecular weight excluding hydrogens is 242 g/mol. The van der Waals surface area contributed by atoms with Gasteiger partial charge in [0.15, 0.2) is 0 Å². The molecule has 0 aliphatic heterocycles. The summed E-state index contributed by atoms with van der Waals surface area (Å²) in [6.45, 7) is 2.77. The van der Waals surface area contributed by atoms with Gasteiger partial charge in [-0.25, -0.2) is 9.97 Å². The van der Waals surface area contributed by atoms with Crippen LogP contribution < -0.4 is 5.32 Å². The molecule has 0 aliphatic carbocycles. The van der Waals surface area contributed by atoms with Gasteiger partial charge in [0.2, 0.25) is 0 Å². The van der Waals surface area contributed by atoms with Gasteiger partial charge < -0.3 is 5.32 Å². The van der Waals surface area contributed by atoms with Crippen LogP contribution in [0.2, 0.25) is 4.34 Å². The maximum Gasteiger partial charge on any atom is 0.141 e. The van der Waals surface area contributed by atoms with Crippen molar-refractivity contribution >= 4 is 22.9 Å². The van der Waals surface area contributed by atoms with Crippen molar-refractivity contribution in [2.45, 2.75) is 19.5 Å². The second kappa shape index (κ2) is 5.39. The lowest BCUT2D eigenvalue weighted by atomic mass is 10.3. The Hall–Kier alpha value is -0.970. The van der Waals surface area contributed by atoms with Gasteiger partial charge in [0.1, 0.15) is 5.82 Å². The number of nitrogens with one attached hydrogen (secondary N) is 1. The lowest BCUT2D eigenvalue weighted by molar-refractivity contribution is 0.566. The lowest BCUT2D eigenvalue weighted by Crippen LogP contribution is -2.18. The first-order valence-electron chi connectivity index (χ1n) is 5.00. The van der Waals surface area contributed by atoms with Gasteiger partial charge in [-0.3, -0.25) is 0 Å². The van der Waals surface area contributed by atoms with E-state index in [9.17, 15) is 0 Å². The average Bonchev–Trinajstić information content (AvgIpc) is 2.74. The second-order valence-corrected chi connectivity index (χ2v) is 5.16. The maximum absolute atomic E-state index is 5.89. The average molecular weight is 254 g/mol. The van der Waals surface area contributed by atoms with Gasteiger partial charge in [0.25, 0.3) is 0 Å². The highest BCUT2D eigenvalue weighted by atomic mass is 35.5. The van der Waals surface area contributed by atoms with Crippen molar-refractivity contribution in [3.63, 3.8) is 0 Å². The zero-order chi connectivity index (χ0) is 11.4. The Morgan fingerprint density at radius 3 is 2.75 bits per heavy atom. The van der Waals surface area contributed by atoms with E-state index in [2.05, 4.69) is 22.2 Å². The van der Waals surface area contributed by atoms with Crippen molar-refractivity contribution in [2.24, 2.45) is 0 Å². The first-order valence-corrected chi connectivity index (χ1v) is 6.19. The molecular formula is C11H12ClN3S. The molecule has 0 radical (unpaired) electrons. The summed E-state index contributed by atoms with van der Waals surface area (Å²) in [6, 6.07) is 6.03. The molecule has 0 aliphatic rings. The highest BCUT2D eigenvalue weighted by Gasteiger charge is 2.07. The SMILES string of the molecule is CC(NCc1ncccn1)c1ccc(Cl)s1. The zero-order valence-corrected chi connectivity index (χ0v) is 10.4. The predicted molar refractivity (Wildman–Crippen MR) is 66.6 cm³/mol. The fourth-order valence-corrected chi connectivity index (χ4v) is 2.41. The van der Waals surface area contributed by atoms with Gasteiger partial charge in [-0.1, -0.05) is 11.6 Å². The van der Waals surface area contributed by atoms with Crippen molar-refractivity contribution < 1.29 is 0 Å². The first-order chi connectivity index (χ1) is 7.75. The van der Waals surface area contributed by atoms with Gasteiger partial charge in [0, 0.05) is 23.3 Å². The van der Waals surface area contributed by atoms with Crippen LogP contribution in [0.3, 0.4) is 0 Å². The summed E-state index contributed by atoms with van der Waals surface area (Å²) in [5.74, 6) is 0.803. The topological polar surface area (TPSA) is 37.8 Å². The molecule has 3 nitrogen and oxygen atoms in total. The molecule has 16 heavy (non-hydrogen) atoms. The fourth-order valence-electron chi connectivity index (χ4n) is 1.33. The third-order valence-electron chi connectivity index (χ3n) is 2.21. The molecule has 1 atom stereocenters. The Morgan fingerprint density at radius 2 is 2.12 bits per heavy atom. The number of halogens is 1. The normalized spacial score (nSPS) is 12.6. The van der Waals surface area contributed by atoms with Gasteiger partial charge in [-0.2, -0.15) is 0 Å². The monoisotopic (exact) mass is 253 g/mol. The fraction of sp³-hybridized carbons (Fsp3) is 0.273. The van der Waals surface area contributed by atoms with E-state index in [1.54, 1.807) is 23.7 Å². The lowest BCUT2D eigenvalue weighted by Gasteiger charge is -2.10. The number of hydrogen-bond acceptors (Lipinski definition) is 4. The molecule has 0 saturated heterocycles. The van der Waals surface area contributed by atoms with Crippen LogP contribution in [0, 0.1) is 0 Å². The third kappa shape index (κ3) is 3.01. The highest BCUT2D eigenvalue weighted by molar-refractivity contribution is 7.16. The Balaban J connectivity index is 1.91. The summed E-state index contributed by atoms with van der Waals surface area (Å²) in [5.41, 5.74) is 0. The van der Waals surface area contributed by atoms with Crippen molar-refractivity contribution in [2.75, 3.05) is 0 Å². The molecule has 1 N–H and O–H groups in total. The van der Waals surface area contributed by atoms with Crippen LogP contribution in [0.1, 0.15) is 23.7 Å². The molecule has 0 fully saturated rings. The van der Waals surface area contributed by atoms with Crippen LogP contribution in [0.5, 0.6) is 0 Å². The molecule has 0 saturated carbocycles. The van der Waals surface area contributed by atoms with Crippen LogP contribution >= 0.6 is 22.9 Å². The molecule has 2 aromatic rings. The summed E-state index contributed by atoms with van der Waals surface area (Å²) >= 11 is 7.48. The van der Waals surface area contributed by atoms with Crippen molar-refractivity contribution in [1.82, 2.24) is 15.3 Å². The van der Waals surface area contributed by atoms with Crippen LogP contribution in [0.4, 0.5) is 0 Å². The van der Waals surface area contributed by atoms with E-state index in [1.165, 1.54) is 4.88 Å². The number of hydrogen-bond donors (Lipinski definition) is 1. The van der Waals surface area contributed by atoms with Crippen LogP contribution in [-0.4, -0.2) is 9.97 Å². The minimum atomic E-state index is 0.265. The Labute approximate surface area is 104 Å². The van der Waals surface area contributed by atoms with Crippen molar-refractivity contribution in [3.05, 3.63) is 45.6 Å². The molecule has 84 valence electrons. The summed E-state index contributed by atoms with van der Waals surface area (Å²) in [7, 11) is 0. The van der Waals surface area contributed by atoms with Gasteiger partial charge in [0.05, 0.1) is 10.9 Å². The molecule has 1 unspecified atom stereocenters. The minimum absolute atomic E-state index is 0.265. The molecule has 0 amide bonds. The second-order valence-electron chi connectivity index (χ2n) is 3.41. The number of thiophene rings is 1. The third-order valence-corrected chi connectivity index (χ3v) is 3.62.